The van der Waals surface area contributed by atoms with Gasteiger partial charge in [-0.3, -0.25) is 4.79 Å². The number of nitriles is 1. The maximum absolute atomic E-state index is 11.3. The molecule has 1 amide bonds. The zero-order valence-electron chi connectivity index (χ0n) is 11.2. The number of hydrogen-bond donors (Lipinski definition) is 2. The lowest BCUT2D eigenvalue weighted by atomic mass is 9.84. The van der Waals surface area contributed by atoms with E-state index in [0.29, 0.717) is 16.9 Å². The molecule has 100 valence electrons. The fourth-order valence-electron chi connectivity index (χ4n) is 2.22. The summed E-state index contributed by atoms with van der Waals surface area (Å²) in [7, 11) is 0. The highest BCUT2D eigenvalue weighted by molar-refractivity contribution is 5.74. The first-order valence-corrected chi connectivity index (χ1v) is 6.00. The van der Waals surface area contributed by atoms with Gasteiger partial charge < -0.3 is 15.2 Å². The van der Waals surface area contributed by atoms with Crippen LogP contribution in [0, 0.1) is 11.3 Å². The molecule has 2 N–H and O–H groups in total. The van der Waals surface area contributed by atoms with Gasteiger partial charge in [0, 0.05) is 18.9 Å². The average molecular weight is 260 g/mol. The van der Waals surface area contributed by atoms with E-state index in [1.807, 2.05) is 6.07 Å². The number of carbonyl (C=O) groups is 1. The molecule has 0 aliphatic carbocycles. The summed E-state index contributed by atoms with van der Waals surface area (Å²) in [5.74, 6) is 0.290. The number of aliphatic hydroxyl groups is 1. The van der Waals surface area contributed by atoms with Crippen LogP contribution in [0.2, 0.25) is 0 Å². The van der Waals surface area contributed by atoms with Gasteiger partial charge in [0.15, 0.2) is 11.3 Å². The maximum atomic E-state index is 11.3. The minimum atomic E-state index is -1.50. The zero-order chi connectivity index (χ0) is 14.3. The Morgan fingerprint density at radius 3 is 2.79 bits per heavy atom. The highest BCUT2D eigenvalue weighted by Crippen LogP contribution is 2.38. The van der Waals surface area contributed by atoms with Crippen LogP contribution in [0.1, 0.15) is 31.9 Å². The van der Waals surface area contributed by atoms with Crippen LogP contribution in [0.5, 0.6) is 5.75 Å². The number of nitrogens with one attached hydrogen (secondary N) is 1. The van der Waals surface area contributed by atoms with Gasteiger partial charge in [-0.1, -0.05) is 0 Å². The predicted molar refractivity (Wildman–Crippen MR) is 68.3 cm³/mol. The Balaban J connectivity index is 2.45. The highest BCUT2D eigenvalue weighted by Gasteiger charge is 2.50. The number of nitrogens with zero attached hydrogens (tertiary/aromatic N) is 1. The number of amides is 1. The Kier molecular flexibility index (Phi) is 2.99. The highest BCUT2D eigenvalue weighted by atomic mass is 16.5. The molecule has 5 heteroatoms. The standard InChI is InChI=1S/C14H16N2O3/c1-9(17)16-14(18)7-11-6-10(8-15)4-5-12(11)19-13(14,2)3/h4-6,18H,7H2,1-3H3,(H,16,17). The van der Waals surface area contributed by atoms with Crippen molar-refractivity contribution in [2.75, 3.05) is 0 Å². The van der Waals surface area contributed by atoms with Crippen LogP contribution in [0.25, 0.3) is 0 Å². The summed E-state index contributed by atoms with van der Waals surface area (Å²) < 4.78 is 5.76. The molecule has 1 atom stereocenters. The van der Waals surface area contributed by atoms with E-state index in [2.05, 4.69) is 5.32 Å². The third-order valence-corrected chi connectivity index (χ3v) is 3.38. The summed E-state index contributed by atoms with van der Waals surface area (Å²) in [5.41, 5.74) is -1.26. The van der Waals surface area contributed by atoms with Crippen LogP contribution < -0.4 is 10.1 Å². The SMILES string of the molecule is CC(=O)NC1(O)Cc2cc(C#N)ccc2OC1(C)C. The van der Waals surface area contributed by atoms with Crippen molar-refractivity contribution in [2.45, 2.75) is 38.5 Å². The normalized spacial score (nSPS) is 23.7. The number of hydrogen-bond acceptors (Lipinski definition) is 4. The molecule has 1 aliphatic heterocycles. The number of benzene rings is 1. The molecular weight excluding hydrogens is 244 g/mol. The van der Waals surface area contributed by atoms with Crippen molar-refractivity contribution in [1.82, 2.24) is 5.32 Å². The second-order valence-corrected chi connectivity index (χ2v) is 5.26. The second-order valence-electron chi connectivity index (χ2n) is 5.26. The van der Waals surface area contributed by atoms with Crippen molar-refractivity contribution < 1.29 is 14.6 Å². The Morgan fingerprint density at radius 2 is 2.21 bits per heavy atom. The van der Waals surface area contributed by atoms with Gasteiger partial charge in [-0.25, -0.2) is 0 Å². The topological polar surface area (TPSA) is 82.4 Å². The Labute approximate surface area is 111 Å². The lowest BCUT2D eigenvalue weighted by molar-refractivity contribution is -0.160. The molecule has 5 nitrogen and oxygen atoms in total. The molecule has 0 saturated carbocycles. The first-order valence-electron chi connectivity index (χ1n) is 6.00. The van der Waals surface area contributed by atoms with E-state index in [4.69, 9.17) is 10.00 Å². The molecule has 0 bridgehead atoms. The van der Waals surface area contributed by atoms with Crippen molar-refractivity contribution in [2.24, 2.45) is 0 Å². The summed E-state index contributed by atoms with van der Waals surface area (Å²) in [6.07, 6.45) is 0.199. The van der Waals surface area contributed by atoms with Crippen LogP contribution in [0.15, 0.2) is 18.2 Å². The summed E-state index contributed by atoms with van der Waals surface area (Å²) >= 11 is 0. The van der Waals surface area contributed by atoms with E-state index in [1.54, 1.807) is 32.0 Å². The molecule has 0 fully saturated rings. The maximum Gasteiger partial charge on any atom is 0.219 e. The van der Waals surface area contributed by atoms with Gasteiger partial charge in [0.05, 0.1) is 11.6 Å². The van der Waals surface area contributed by atoms with Gasteiger partial charge in [0.25, 0.3) is 0 Å². The average Bonchev–Trinajstić information content (AvgIpc) is 2.28. The minimum Gasteiger partial charge on any atom is -0.483 e. The lowest BCUT2D eigenvalue weighted by Crippen LogP contribution is -2.67. The molecule has 0 saturated heterocycles. The fourth-order valence-corrected chi connectivity index (χ4v) is 2.22. The fraction of sp³-hybridized carbons (Fsp3) is 0.429. The van der Waals surface area contributed by atoms with Crippen LogP contribution in [-0.2, 0) is 11.2 Å². The van der Waals surface area contributed by atoms with Gasteiger partial charge in [-0.05, 0) is 32.0 Å². The molecule has 1 aliphatic rings. The Hall–Kier alpha value is -2.06. The first kappa shape index (κ1) is 13.4. The summed E-state index contributed by atoms with van der Waals surface area (Å²) in [6.45, 7) is 4.77. The van der Waals surface area contributed by atoms with Crippen LogP contribution in [0.4, 0.5) is 0 Å². The minimum absolute atomic E-state index is 0.199. The van der Waals surface area contributed by atoms with Gasteiger partial charge in [0.2, 0.25) is 5.91 Å². The van der Waals surface area contributed by atoms with Gasteiger partial charge in [-0.15, -0.1) is 0 Å². The van der Waals surface area contributed by atoms with E-state index in [1.165, 1.54) is 6.92 Å². The van der Waals surface area contributed by atoms with Gasteiger partial charge in [0.1, 0.15) is 5.75 Å². The smallest absolute Gasteiger partial charge is 0.219 e. The van der Waals surface area contributed by atoms with E-state index in [9.17, 15) is 9.90 Å². The molecule has 1 unspecified atom stereocenters. The largest absolute Gasteiger partial charge is 0.483 e. The number of ether oxygens (including phenoxy) is 1. The first-order chi connectivity index (χ1) is 8.77. The molecule has 0 spiro atoms. The van der Waals surface area contributed by atoms with Crippen molar-refractivity contribution in [3.63, 3.8) is 0 Å². The van der Waals surface area contributed by atoms with E-state index < -0.39 is 11.3 Å². The van der Waals surface area contributed by atoms with Crippen molar-refractivity contribution in [3.05, 3.63) is 29.3 Å². The Bertz CT molecular complexity index is 575. The zero-order valence-corrected chi connectivity index (χ0v) is 11.2. The predicted octanol–water partition coefficient (Wildman–Crippen LogP) is 1.10. The lowest BCUT2D eigenvalue weighted by Gasteiger charge is -2.46. The molecule has 2 rings (SSSR count). The third kappa shape index (κ3) is 2.27. The Morgan fingerprint density at radius 1 is 1.53 bits per heavy atom. The van der Waals surface area contributed by atoms with Crippen molar-refractivity contribution in [1.29, 1.82) is 5.26 Å². The second kappa shape index (κ2) is 4.25. The van der Waals surface area contributed by atoms with Gasteiger partial charge >= 0.3 is 0 Å². The van der Waals surface area contributed by atoms with E-state index in [-0.39, 0.29) is 12.3 Å². The number of fused-ring (bicyclic) bond motifs is 1. The quantitative estimate of drug-likeness (QED) is 0.741. The van der Waals surface area contributed by atoms with Crippen molar-refractivity contribution in [3.8, 4) is 11.8 Å². The summed E-state index contributed by atoms with van der Waals surface area (Å²) in [5, 5.41) is 22.1. The molecular formula is C14H16N2O3. The molecule has 19 heavy (non-hydrogen) atoms. The molecule has 1 aromatic carbocycles. The van der Waals surface area contributed by atoms with E-state index in [0.717, 1.165) is 0 Å². The summed E-state index contributed by atoms with van der Waals surface area (Å²) in [4.78, 5) is 11.3. The summed E-state index contributed by atoms with van der Waals surface area (Å²) in [6, 6.07) is 7.08. The number of rotatable bonds is 1. The van der Waals surface area contributed by atoms with Crippen LogP contribution in [0.3, 0.4) is 0 Å². The monoisotopic (exact) mass is 260 g/mol. The number of carbonyl (C=O) groups excluding carboxylic acids is 1. The van der Waals surface area contributed by atoms with Crippen LogP contribution >= 0.6 is 0 Å². The molecule has 1 heterocycles. The molecule has 1 aromatic rings. The van der Waals surface area contributed by atoms with Crippen LogP contribution in [-0.4, -0.2) is 22.3 Å². The molecule has 0 radical (unpaired) electrons. The van der Waals surface area contributed by atoms with Gasteiger partial charge in [-0.2, -0.15) is 5.26 Å². The van der Waals surface area contributed by atoms with E-state index >= 15 is 0 Å². The molecule has 0 aromatic heterocycles. The third-order valence-electron chi connectivity index (χ3n) is 3.38. The van der Waals surface area contributed by atoms with Crippen molar-refractivity contribution >= 4 is 5.91 Å².